The van der Waals surface area contributed by atoms with E-state index in [2.05, 4.69) is 21.0 Å². The molecule has 3 nitrogen and oxygen atoms in total. The SMILES string of the molecule is Cc1c(C(C)(C)O)cnn1-c1cccc(Br)c1. The van der Waals surface area contributed by atoms with Gasteiger partial charge < -0.3 is 5.11 Å². The van der Waals surface area contributed by atoms with Crippen molar-refractivity contribution in [2.45, 2.75) is 26.4 Å². The second-order valence-corrected chi connectivity index (χ2v) is 5.51. The molecule has 1 N–H and O–H groups in total. The third-order valence-electron chi connectivity index (χ3n) is 2.72. The van der Waals surface area contributed by atoms with Gasteiger partial charge in [0.15, 0.2) is 0 Å². The highest BCUT2D eigenvalue weighted by molar-refractivity contribution is 9.10. The van der Waals surface area contributed by atoms with Crippen LogP contribution in [0.25, 0.3) is 5.69 Å². The van der Waals surface area contributed by atoms with Gasteiger partial charge in [0.2, 0.25) is 0 Å². The molecule has 0 saturated heterocycles. The van der Waals surface area contributed by atoms with E-state index in [0.29, 0.717) is 0 Å². The molecule has 0 amide bonds. The highest BCUT2D eigenvalue weighted by Crippen LogP contribution is 2.25. The van der Waals surface area contributed by atoms with Crippen molar-refractivity contribution in [3.05, 3.63) is 46.2 Å². The van der Waals surface area contributed by atoms with E-state index in [9.17, 15) is 5.11 Å². The van der Waals surface area contributed by atoms with Crippen molar-refractivity contribution in [3.63, 3.8) is 0 Å². The van der Waals surface area contributed by atoms with Gasteiger partial charge in [-0.15, -0.1) is 0 Å². The van der Waals surface area contributed by atoms with Crippen molar-refractivity contribution >= 4 is 15.9 Å². The van der Waals surface area contributed by atoms with Crippen LogP contribution in [0.15, 0.2) is 34.9 Å². The third-order valence-corrected chi connectivity index (χ3v) is 3.21. The van der Waals surface area contributed by atoms with Gasteiger partial charge in [0.25, 0.3) is 0 Å². The molecule has 2 rings (SSSR count). The minimum Gasteiger partial charge on any atom is -0.386 e. The summed E-state index contributed by atoms with van der Waals surface area (Å²) in [6.45, 7) is 5.49. The van der Waals surface area contributed by atoms with Crippen LogP contribution in [0, 0.1) is 6.92 Å². The molecule has 0 fully saturated rings. The van der Waals surface area contributed by atoms with Gasteiger partial charge in [0.1, 0.15) is 0 Å². The normalized spacial score (nSPS) is 11.8. The van der Waals surface area contributed by atoms with Crippen LogP contribution in [0.4, 0.5) is 0 Å². The molecule has 0 saturated carbocycles. The van der Waals surface area contributed by atoms with Gasteiger partial charge in [-0.05, 0) is 39.0 Å². The van der Waals surface area contributed by atoms with E-state index in [1.807, 2.05) is 35.9 Å². The van der Waals surface area contributed by atoms with Crippen molar-refractivity contribution in [2.75, 3.05) is 0 Å². The summed E-state index contributed by atoms with van der Waals surface area (Å²) in [5.74, 6) is 0. The first-order valence-corrected chi connectivity index (χ1v) is 6.22. The highest BCUT2D eigenvalue weighted by Gasteiger charge is 2.22. The quantitative estimate of drug-likeness (QED) is 0.924. The number of benzene rings is 1. The molecule has 4 heteroatoms. The molecule has 0 radical (unpaired) electrons. The lowest BCUT2D eigenvalue weighted by molar-refractivity contribution is 0.0779. The molecule has 0 spiro atoms. The van der Waals surface area contributed by atoms with Crippen LogP contribution in [-0.2, 0) is 5.60 Å². The molecule has 17 heavy (non-hydrogen) atoms. The van der Waals surface area contributed by atoms with E-state index < -0.39 is 5.60 Å². The Morgan fingerprint density at radius 3 is 2.59 bits per heavy atom. The zero-order valence-electron chi connectivity index (χ0n) is 10.1. The maximum atomic E-state index is 10.0. The van der Waals surface area contributed by atoms with E-state index >= 15 is 0 Å². The summed E-state index contributed by atoms with van der Waals surface area (Å²) in [6, 6.07) is 7.91. The van der Waals surface area contributed by atoms with E-state index in [1.165, 1.54) is 0 Å². The predicted octanol–water partition coefficient (Wildman–Crippen LogP) is 3.17. The van der Waals surface area contributed by atoms with Crippen LogP contribution in [0.2, 0.25) is 0 Å². The van der Waals surface area contributed by atoms with Gasteiger partial charge in [-0.1, -0.05) is 22.0 Å². The van der Waals surface area contributed by atoms with E-state index in [0.717, 1.165) is 21.4 Å². The zero-order valence-corrected chi connectivity index (χ0v) is 11.7. The van der Waals surface area contributed by atoms with Crippen LogP contribution in [-0.4, -0.2) is 14.9 Å². The van der Waals surface area contributed by atoms with Crippen LogP contribution in [0.5, 0.6) is 0 Å². The summed E-state index contributed by atoms with van der Waals surface area (Å²) in [5, 5.41) is 14.4. The Bertz CT molecular complexity index is 541. The molecule has 0 aliphatic carbocycles. The number of rotatable bonds is 2. The van der Waals surface area contributed by atoms with Crippen molar-refractivity contribution in [2.24, 2.45) is 0 Å². The zero-order chi connectivity index (χ0) is 12.6. The van der Waals surface area contributed by atoms with Gasteiger partial charge in [-0.25, -0.2) is 4.68 Å². The molecular formula is C13H15BrN2O. The molecule has 0 bridgehead atoms. The van der Waals surface area contributed by atoms with Crippen molar-refractivity contribution in [3.8, 4) is 5.69 Å². The molecule has 1 heterocycles. The van der Waals surface area contributed by atoms with E-state index in [1.54, 1.807) is 20.0 Å². The minimum absolute atomic E-state index is 0.845. The topological polar surface area (TPSA) is 38.1 Å². The number of aliphatic hydroxyl groups is 1. The lowest BCUT2D eigenvalue weighted by Crippen LogP contribution is -2.16. The van der Waals surface area contributed by atoms with Gasteiger partial charge in [0, 0.05) is 15.7 Å². The first-order valence-electron chi connectivity index (χ1n) is 5.43. The lowest BCUT2D eigenvalue weighted by Gasteiger charge is -2.16. The Labute approximate surface area is 109 Å². The average molecular weight is 295 g/mol. The standard InChI is InChI=1S/C13H15BrN2O/c1-9-12(13(2,3)17)8-15-16(9)11-6-4-5-10(14)7-11/h4-8,17H,1-3H3. The minimum atomic E-state index is -0.867. The summed E-state index contributed by atoms with van der Waals surface area (Å²) in [5.41, 5.74) is 1.91. The van der Waals surface area contributed by atoms with E-state index in [-0.39, 0.29) is 0 Å². The highest BCUT2D eigenvalue weighted by atomic mass is 79.9. The number of hydrogen-bond donors (Lipinski definition) is 1. The molecule has 0 aliphatic heterocycles. The molecule has 2 aromatic rings. The average Bonchev–Trinajstić information content (AvgIpc) is 2.59. The predicted molar refractivity (Wildman–Crippen MR) is 71.2 cm³/mol. The molecular weight excluding hydrogens is 280 g/mol. The van der Waals surface area contributed by atoms with Crippen LogP contribution in [0.3, 0.4) is 0 Å². The second kappa shape index (κ2) is 4.27. The molecule has 0 aliphatic rings. The smallest absolute Gasteiger partial charge is 0.0873 e. The summed E-state index contributed by atoms with van der Waals surface area (Å²) in [6.07, 6.45) is 1.72. The van der Waals surface area contributed by atoms with Gasteiger partial charge in [-0.2, -0.15) is 5.10 Å². The van der Waals surface area contributed by atoms with Crippen molar-refractivity contribution < 1.29 is 5.11 Å². The monoisotopic (exact) mass is 294 g/mol. The number of halogens is 1. The Hall–Kier alpha value is -1.13. The first kappa shape index (κ1) is 12.3. The number of aromatic nitrogens is 2. The Morgan fingerprint density at radius 2 is 2.06 bits per heavy atom. The summed E-state index contributed by atoms with van der Waals surface area (Å²) in [7, 11) is 0. The number of nitrogens with zero attached hydrogens (tertiary/aromatic N) is 2. The number of hydrogen-bond acceptors (Lipinski definition) is 2. The van der Waals surface area contributed by atoms with E-state index in [4.69, 9.17) is 0 Å². The van der Waals surface area contributed by atoms with Crippen LogP contribution < -0.4 is 0 Å². The fraction of sp³-hybridized carbons (Fsp3) is 0.308. The van der Waals surface area contributed by atoms with Crippen molar-refractivity contribution in [1.29, 1.82) is 0 Å². The molecule has 90 valence electrons. The van der Waals surface area contributed by atoms with Gasteiger partial charge in [0.05, 0.1) is 17.5 Å². The Morgan fingerprint density at radius 1 is 1.35 bits per heavy atom. The summed E-state index contributed by atoms with van der Waals surface area (Å²) < 4.78 is 2.84. The molecule has 1 aromatic heterocycles. The second-order valence-electron chi connectivity index (χ2n) is 4.59. The summed E-state index contributed by atoms with van der Waals surface area (Å²) in [4.78, 5) is 0. The third kappa shape index (κ3) is 2.42. The Balaban J connectivity index is 2.52. The summed E-state index contributed by atoms with van der Waals surface area (Å²) >= 11 is 3.44. The van der Waals surface area contributed by atoms with Crippen LogP contribution >= 0.6 is 15.9 Å². The van der Waals surface area contributed by atoms with Crippen LogP contribution in [0.1, 0.15) is 25.1 Å². The maximum Gasteiger partial charge on any atom is 0.0873 e. The fourth-order valence-corrected chi connectivity index (χ4v) is 2.27. The molecule has 0 atom stereocenters. The van der Waals surface area contributed by atoms with Gasteiger partial charge in [-0.3, -0.25) is 0 Å². The van der Waals surface area contributed by atoms with Crippen molar-refractivity contribution in [1.82, 2.24) is 9.78 Å². The fourth-order valence-electron chi connectivity index (χ4n) is 1.88. The molecule has 0 unspecified atom stereocenters. The molecule has 1 aromatic carbocycles. The Kier molecular flexibility index (Phi) is 3.10. The largest absolute Gasteiger partial charge is 0.386 e. The van der Waals surface area contributed by atoms with Gasteiger partial charge >= 0.3 is 0 Å². The first-order chi connectivity index (χ1) is 7.89. The maximum absolute atomic E-state index is 10.0. The lowest BCUT2D eigenvalue weighted by atomic mass is 10.00.